The Labute approximate surface area is 181 Å². The van der Waals surface area contributed by atoms with Crippen molar-refractivity contribution < 1.29 is 23.9 Å². The molecule has 3 amide bonds. The van der Waals surface area contributed by atoms with Gasteiger partial charge in [-0.05, 0) is 42.8 Å². The number of esters is 1. The highest BCUT2D eigenvalue weighted by Crippen LogP contribution is 2.22. The number of hydrogen-bond acceptors (Lipinski definition) is 5. The van der Waals surface area contributed by atoms with Gasteiger partial charge >= 0.3 is 5.97 Å². The zero-order valence-corrected chi connectivity index (χ0v) is 17.6. The smallest absolute Gasteiger partial charge is 0.338 e. The lowest BCUT2D eigenvalue weighted by Crippen LogP contribution is -2.32. The van der Waals surface area contributed by atoms with E-state index >= 15 is 0 Å². The average molecular weight is 422 g/mol. The number of carbonyl (C=O) groups is 4. The van der Waals surface area contributed by atoms with Crippen molar-refractivity contribution in [3.63, 3.8) is 0 Å². The third-order valence-electron chi connectivity index (χ3n) is 5.08. The minimum atomic E-state index is -0.389. The second kappa shape index (κ2) is 10.5. The number of fused-ring (bicyclic) bond motifs is 1. The summed E-state index contributed by atoms with van der Waals surface area (Å²) in [6, 6.07) is 13.0. The number of hydrogen-bond donors (Lipinski definition) is 1. The standard InChI is InChI=1S/C24H26N2O5/c1-2-3-4-7-16-31-24(30)17-10-12-18(13-11-17)25-21(27)14-15-26-22(28)19-8-5-6-9-20(19)23(26)29/h5-6,8-13H,2-4,7,14-16H2,1H3,(H,25,27). The Balaban J connectivity index is 1.45. The van der Waals surface area contributed by atoms with E-state index in [1.807, 2.05) is 0 Å². The second-order valence-corrected chi connectivity index (χ2v) is 7.38. The summed E-state index contributed by atoms with van der Waals surface area (Å²) < 4.78 is 5.24. The fraction of sp³-hybridized carbons (Fsp3) is 0.333. The van der Waals surface area contributed by atoms with Crippen LogP contribution in [0.5, 0.6) is 0 Å². The molecule has 31 heavy (non-hydrogen) atoms. The number of nitrogens with zero attached hydrogens (tertiary/aromatic N) is 1. The number of ether oxygens (including phenoxy) is 1. The highest BCUT2D eigenvalue weighted by molar-refractivity contribution is 6.21. The van der Waals surface area contributed by atoms with E-state index in [0.29, 0.717) is 29.0 Å². The van der Waals surface area contributed by atoms with Crippen LogP contribution >= 0.6 is 0 Å². The molecule has 0 spiro atoms. The molecule has 0 fully saturated rings. The van der Waals surface area contributed by atoms with E-state index in [9.17, 15) is 19.2 Å². The van der Waals surface area contributed by atoms with E-state index in [2.05, 4.69) is 12.2 Å². The zero-order valence-electron chi connectivity index (χ0n) is 17.6. The van der Waals surface area contributed by atoms with Gasteiger partial charge in [0.05, 0.1) is 23.3 Å². The summed E-state index contributed by atoms with van der Waals surface area (Å²) in [6.45, 7) is 2.52. The fourth-order valence-electron chi connectivity index (χ4n) is 3.35. The Hall–Kier alpha value is -3.48. The Kier molecular flexibility index (Phi) is 7.54. The predicted octanol–water partition coefficient (Wildman–Crippen LogP) is 4.05. The highest BCUT2D eigenvalue weighted by Gasteiger charge is 2.34. The van der Waals surface area contributed by atoms with Gasteiger partial charge in [0.25, 0.3) is 11.8 Å². The van der Waals surface area contributed by atoms with Gasteiger partial charge in [-0.2, -0.15) is 0 Å². The monoisotopic (exact) mass is 422 g/mol. The average Bonchev–Trinajstić information content (AvgIpc) is 3.02. The Morgan fingerprint density at radius 1 is 0.903 bits per heavy atom. The molecule has 2 aromatic rings. The third kappa shape index (κ3) is 5.57. The molecule has 3 rings (SSSR count). The van der Waals surface area contributed by atoms with E-state index in [1.54, 1.807) is 48.5 Å². The number of rotatable bonds is 10. The van der Waals surface area contributed by atoms with Gasteiger partial charge in [0.2, 0.25) is 5.91 Å². The van der Waals surface area contributed by atoms with Crippen LogP contribution < -0.4 is 5.32 Å². The van der Waals surface area contributed by atoms with Crippen LogP contribution in [-0.2, 0) is 9.53 Å². The van der Waals surface area contributed by atoms with Crippen LogP contribution in [0.1, 0.15) is 70.1 Å². The number of unbranched alkanes of at least 4 members (excludes halogenated alkanes) is 3. The quantitative estimate of drug-likeness (QED) is 0.354. The van der Waals surface area contributed by atoms with E-state index < -0.39 is 0 Å². The lowest BCUT2D eigenvalue weighted by Gasteiger charge is -2.13. The molecule has 0 aromatic heterocycles. The molecule has 7 heteroatoms. The van der Waals surface area contributed by atoms with Crippen molar-refractivity contribution in [1.29, 1.82) is 0 Å². The van der Waals surface area contributed by atoms with Crippen molar-refractivity contribution >= 4 is 29.4 Å². The number of amides is 3. The topological polar surface area (TPSA) is 92.8 Å². The molecule has 1 N–H and O–H groups in total. The van der Waals surface area contributed by atoms with Crippen molar-refractivity contribution in [1.82, 2.24) is 4.90 Å². The molecule has 1 heterocycles. The Morgan fingerprint density at radius 3 is 2.16 bits per heavy atom. The lowest BCUT2D eigenvalue weighted by molar-refractivity contribution is -0.116. The van der Waals surface area contributed by atoms with Gasteiger partial charge in [-0.15, -0.1) is 0 Å². The molecule has 0 saturated heterocycles. The molecular formula is C24H26N2O5. The molecule has 0 atom stereocenters. The van der Waals surface area contributed by atoms with Gasteiger partial charge in [0.1, 0.15) is 0 Å². The summed E-state index contributed by atoms with van der Waals surface area (Å²) in [5.41, 5.74) is 1.66. The molecule has 0 unspecified atom stereocenters. The summed E-state index contributed by atoms with van der Waals surface area (Å²) in [7, 11) is 0. The SMILES string of the molecule is CCCCCCOC(=O)c1ccc(NC(=O)CCN2C(=O)c3ccccc3C2=O)cc1. The maximum atomic E-state index is 12.3. The van der Waals surface area contributed by atoms with Gasteiger partial charge in [-0.1, -0.05) is 38.3 Å². The summed E-state index contributed by atoms with van der Waals surface area (Å²) in [5, 5.41) is 2.71. The van der Waals surface area contributed by atoms with Crippen molar-refractivity contribution in [3.05, 3.63) is 65.2 Å². The van der Waals surface area contributed by atoms with Crippen molar-refractivity contribution in [3.8, 4) is 0 Å². The normalized spacial score (nSPS) is 12.6. The molecule has 0 aliphatic carbocycles. The highest BCUT2D eigenvalue weighted by atomic mass is 16.5. The number of carbonyl (C=O) groups excluding carboxylic acids is 4. The first-order chi connectivity index (χ1) is 15.0. The van der Waals surface area contributed by atoms with Crippen molar-refractivity contribution in [2.45, 2.75) is 39.0 Å². The molecule has 0 radical (unpaired) electrons. The van der Waals surface area contributed by atoms with Crippen LogP contribution in [0.3, 0.4) is 0 Å². The van der Waals surface area contributed by atoms with Crippen LogP contribution in [0, 0.1) is 0 Å². The van der Waals surface area contributed by atoms with E-state index in [4.69, 9.17) is 4.74 Å². The van der Waals surface area contributed by atoms with Gasteiger partial charge in [0, 0.05) is 18.7 Å². The second-order valence-electron chi connectivity index (χ2n) is 7.38. The first-order valence-electron chi connectivity index (χ1n) is 10.5. The first-order valence-corrected chi connectivity index (χ1v) is 10.5. The van der Waals surface area contributed by atoms with Crippen LogP contribution in [0.4, 0.5) is 5.69 Å². The number of imide groups is 1. The zero-order chi connectivity index (χ0) is 22.2. The molecular weight excluding hydrogens is 396 g/mol. The molecule has 1 aliphatic rings. The maximum Gasteiger partial charge on any atom is 0.338 e. The Morgan fingerprint density at radius 2 is 1.55 bits per heavy atom. The molecule has 0 saturated carbocycles. The van der Waals surface area contributed by atoms with Crippen LogP contribution in [-0.4, -0.2) is 41.7 Å². The molecule has 7 nitrogen and oxygen atoms in total. The third-order valence-corrected chi connectivity index (χ3v) is 5.08. The van der Waals surface area contributed by atoms with Crippen molar-refractivity contribution in [2.24, 2.45) is 0 Å². The van der Waals surface area contributed by atoms with Crippen molar-refractivity contribution in [2.75, 3.05) is 18.5 Å². The molecule has 1 aliphatic heterocycles. The maximum absolute atomic E-state index is 12.3. The molecule has 2 aromatic carbocycles. The molecule has 0 bridgehead atoms. The molecule has 162 valence electrons. The van der Waals surface area contributed by atoms with E-state index in [1.165, 1.54) is 0 Å². The predicted molar refractivity (Wildman–Crippen MR) is 116 cm³/mol. The summed E-state index contributed by atoms with van der Waals surface area (Å²) in [4.78, 5) is 50.0. The van der Waals surface area contributed by atoms with Crippen LogP contribution in [0.15, 0.2) is 48.5 Å². The number of benzene rings is 2. The minimum absolute atomic E-state index is 0.000616. The summed E-state index contributed by atoms with van der Waals surface area (Å²) in [5.74, 6) is -1.49. The van der Waals surface area contributed by atoms with Gasteiger partial charge < -0.3 is 10.1 Å². The van der Waals surface area contributed by atoms with Gasteiger partial charge in [-0.3, -0.25) is 19.3 Å². The van der Waals surface area contributed by atoms with Gasteiger partial charge in [0.15, 0.2) is 0 Å². The van der Waals surface area contributed by atoms with Crippen LogP contribution in [0.25, 0.3) is 0 Å². The fourth-order valence-corrected chi connectivity index (χ4v) is 3.35. The summed E-state index contributed by atoms with van der Waals surface area (Å²) in [6.07, 6.45) is 4.11. The van der Waals surface area contributed by atoms with Crippen LogP contribution in [0.2, 0.25) is 0 Å². The Bertz CT molecular complexity index is 933. The largest absolute Gasteiger partial charge is 0.462 e. The van der Waals surface area contributed by atoms with E-state index in [-0.39, 0.29) is 36.7 Å². The van der Waals surface area contributed by atoms with E-state index in [0.717, 1.165) is 30.6 Å². The van der Waals surface area contributed by atoms with Gasteiger partial charge in [-0.25, -0.2) is 4.79 Å². The minimum Gasteiger partial charge on any atom is -0.462 e. The number of nitrogens with one attached hydrogen (secondary N) is 1. The lowest BCUT2D eigenvalue weighted by atomic mass is 10.1. The summed E-state index contributed by atoms with van der Waals surface area (Å²) >= 11 is 0. The first kappa shape index (κ1) is 22.2. The number of anilines is 1.